The Bertz CT molecular complexity index is 1540. The van der Waals surface area contributed by atoms with Crippen molar-refractivity contribution in [2.45, 2.75) is 25.6 Å². The quantitative estimate of drug-likeness (QED) is 0.393. The third kappa shape index (κ3) is 5.25. The minimum atomic E-state index is -4.56. The summed E-state index contributed by atoms with van der Waals surface area (Å²) in [5.74, 6) is -0.0207. The van der Waals surface area contributed by atoms with Crippen molar-refractivity contribution in [1.82, 2.24) is 24.3 Å². The predicted molar refractivity (Wildman–Crippen MR) is 136 cm³/mol. The van der Waals surface area contributed by atoms with Gasteiger partial charge in [0.1, 0.15) is 34.8 Å². The summed E-state index contributed by atoms with van der Waals surface area (Å²) in [6, 6.07) is 7.95. The summed E-state index contributed by atoms with van der Waals surface area (Å²) in [7, 11) is 0. The first-order valence-electron chi connectivity index (χ1n) is 12.1. The monoisotopic (exact) mass is 539 g/mol. The molecule has 10 nitrogen and oxygen atoms in total. The maximum Gasteiger partial charge on any atom is 0.416 e. The molecule has 4 heterocycles. The molecule has 1 aliphatic rings. The zero-order valence-corrected chi connectivity index (χ0v) is 20.8. The number of nitrogens with zero attached hydrogens (tertiary/aromatic N) is 5. The summed E-state index contributed by atoms with van der Waals surface area (Å²) in [4.78, 5) is 39.5. The first-order valence-corrected chi connectivity index (χ1v) is 12.1. The second-order valence-corrected chi connectivity index (χ2v) is 8.86. The van der Waals surface area contributed by atoms with Crippen LogP contribution in [-0.2, 0) is 15.7 Å². The Labute approximate surface area is 220 Å². The molecule has 1 saturated heterocycles. The summed E-state index contributed by atoms with van der Waals surface area (Å²) in [6.45, 7) is 3.02. The molecule has 1 fully saturated rings. The van der Waals surface area contributed by atoms with E-state index in [4.69, 9.17) is 15.5 Å². The molecular weight excluding hydrogens is 515 g/mol. The number of carbonyl (C=O) groups excluding carboxylic acids is 2. The molecule has 1 aromatic carbocycles. The number of nitrogen functional groups attached to an aromatic ring is 1. The molecule has 5 rings (SSSR count). The number of nitrogens with one attached hydrogen (secondary N) is 1. The molecule has 1 atom stereocenters. The van der Waals surface area contributed by atoms with E-state index in [0.29, 0.717) is 48.7 Å². The van der Waals surface area contributed by atoms with Crippen LogP contribution in [0.4, 0.5) is 24.8 Å². The largest absolute Gasteiger partial charge is 0.416 e. The van der Waals surface area contributed by atoms with Gasteiger partial charge in [-0.05, 0) is 24.3 Å². The van der Waals surface area contributed by atoms with Crippen LogP contribution in [0.1, 0.15) is 41.2 Å². The summed E-state index contributed by atoms with van der Waals surface area (Å²) in [5.41, 5.74) is 7.18. The van der Waals surface area contributed by atoms with Gasteiger partial charge in [-0.3, -0.25) is 14.0 Å². The number of rotatable bonds is 5. The molecule has 0 saturated carbocycles. The molecule has 2 amide bonds. The molecule has 202 valence electrons. The van der Waals surface area contributed by atoms with Crippen LogP contribution in [0.15, 0.2) is 55.0 Å². The number of anilines is 2. The van der Waals surface area contributed by atoms with E-state index in [1.807, 2.05) is 6.92 Å². The summed E-state index contributed by atoms with van der Waals surface area (Å²) in [6.07, 6.45) is -0.410. The topological polar surface area (TPSA) is 128 Å². The zero-order valence-electron chi connectivity index (χ0n) is 20.8. The number of ether oxygens (including phenoxy) is 1. The van der Waals surface area contributed by atoms with Crippen molar-refractivity contribution in [3.8, 4) is 11.3 Å². The van der Waals surface area contributed by atoms with E-state index in [1.165, 1.54) is 12.1 Å². The van der Waals surface area contributed by atoms with Crippen molar-refractivity contribution in [3.05, 3.63) is 71.9 Å². The van der Waals surface area contributed by atoms with Crippen LogP contribution < -0.4 is 11.1 Å². The van der Waals surface area contributed by atoms with E-state index in [9.17, 15) is 22.8 Å². The van der Waals surface area contributed by atoms with Gasteiger partial charge in [0, 0.05) is 42.7 Å². The fourth-order valence-electron chi connectivity index (χ4n) is 4.41. The van der Waals surface area contributed by atoms with Gasteiger partial charge >= 0.3 is 6.18 Å². The average molecular weight is 540 g/mol. The van der Waals surface area contributed by atoms with Crippen molar-refractivity contribution < 1.29 is 27.5 Å². The van der Waals surface area contributed by atoms with E-state index < -0.39 is 23.8 Å². The van der Waals surface area contributed by atoms with Gasteiger partial charge < -0.3 is 20.7 Å². The molecular formula is C26H24F3N7O3. The molecule has 0 bridgehead atoms. The Morgan fingerprint density at radius 1 is 1.15 bits per heavy atom. The molecule has 4 aromatic rings. The number of nitrogens with two attached hydrogens (primary N) is 1. The number of hydrogen-bond acceptors (Lipinski definition) is 7. The number of alkyl halides is 3. The Morgan fingerprint density at radius 3 is 2.64 bits per heavy atom. The third-order valence-corrected chi connectivity index (χ3v) is 6.37. The molecule has 0 spiro atoms. The van der Waals surface area contributed by atoms with Gasteiger partial charge in [-0.2, -0.15) is 13.2 Å². The van der Waals surface area contributed by atoms with E-state index in [-0.39, 0.29) is 23.1 Å². The molecule has 3 N–H and O–H groups in total. The van der Waals surface area contributed by atoms with Crippen LogP contribution in [0.2, 0.25) is 0 Å². The highest BCUT2D eigenvalue weighted by Gasteiger charge is 2.31. The smallest absolute Gasteiger partial charge is 0.382 e. The summed E-state index contributed by atoms with van der Waals surface area (Å²) >= 11 is 0. The van der Waals surface area contributed by atoms with Gasteiger partial charge in [-0.25, -0.2) is 15.0 Å². The Kier molecular flexibility index (Phi) is 6.91. The minimum absolute atomic E-state index is 0.0276. The minimum Gasteiger partial charge on any atom is -0.382 e. The lowest BCUT2D eigenvalue weighted by molar-refractivity contribution is -0.139. The zero-order chi connectivity index (χ0) is 27.7. The number of carbonyl (C=O) groups is 2. The molecule has 39 heavy (non-hydrogen) atoms. The fourth-order valence-corrected chi connectivity index (χ4v) is 4.41. The van der Waals surface area contributed by atoms with E-state index in [1.54, 1.807) is 33.8 Å². The molecule has 1 aliphatic heterocycles. The van der Waals surface area contributed by atoms with Crippen molar-refractivity contribution in [2.24, 2.45) is 0 Å². The standard InChI is InChI=1S/C26H24F3N7O3/c1-2-20(37)35-11-12-39-18(14-35)24-34-21(22-23(30)32-9-10-36(22)24)15-3-5-16(6-4-15)25(38)33-19-13-17(7-8-31-19)26(27,28)29/h3-10,13,18H,2,11-12,14H2,1H3,(H2,30,32)(H,31,33,38). The normalized spacial score (nSPS) is 15.9. The number of imidazole rings is 1. The summed E-state index contributed by atoms with van der Waals surface area (Å²) in [5, 5.41) is 2.39. The lowest BCUT2D eigenvalue weighted by Gasteiger charge is -2.32. The van der Waals surface area contributed by atoms with Crippen molar-refractivity contribution in [3.63, 3.8) is 0 Å². The highest BCUT2D eigenvalue weighted by atomic mass is 19.4. The Morgan fingerprint density at radius 2 is 1.92 bits per heavy atom. The van der Waals surface area contributed by atoms with Crippen LogP contribution in [0.25, 0.3) is 16.8 Å². The highest BCUT2D eigenvalue weighted by Crippen LogP contribution is 2.33. The maximum atomic E-state index is 13.0. The van der Waals surface area contributed by atoms with Crippen LogP contribution in [-0.4, -0.2) is 55.8 Å². The summed E-state index contributed by atoms with van der Waals surface area (Å²) < 4.78 is 46.7. The van der Waals surface area contributed by atoms with Gasteiger partial charge in [-0.1, -0.05) is 19.1 Å². The number of aromatic nitrogens is 4. The SMILES string of the molecule is CCC(=O)N1CCOC(c2nc(-c3ccc(C(=O)Nc4cc(C(F)(F)F)ccn4)cc3)c3c(N)nccn23)C1. The van der Waals surface area contributed by atoms with Crippen LogP contribution in [0, 0.1) is 0 Å². The van der Waals surface area contributed by atoms with Crippen molar-refractivity contribution >= 4 is 29.0 Å². The second-order valence-electron chi connectivity index (χ2n) is 8.86. The number of amides is 2. The fraction of sp³-hybridized carbons (Fsp3) is 0.269. The number of hydrogen-bond donors (Lipinski definition) is 2. The lowest BCUT2D eigenvalue weighted by Crippen LogP contribution is -2.42. The number of benzene rings is 1. The molecule has 13 heteroatoms. The maximum absolute atomic E-state index is 13.0. The second kappa shape index (κ2) is 10.3. The molecule has 0 aliphatic carbocycles. The van der Waals surface area contributed by atoms with Gasteiger partial charge in [0.15, 0.2) is 0 Å². The van der Waals surface area contributed by atoms with Crippen LogP contribution in [0.5, 0.6) is 0 Å². The number of morpholine rings is 1. The lowest BCUT2D eigenvalue weighted by atomic mass is 10.1. The third-order valence-electron chi connectivity index (χ3n) is 6.37. The first kappa shape index (κ1) is 26.1. The van der Waals surface area contributed by atoms with Gasteiger partial charge in [0.05, 0.1) is 18.7 Å². The Balaban J connectivity index is 1.43. The number of halogens is 3. The molecule has 0 radical (unpaired) electrons. The van der Waals surface area contributed by atoms with E-state index in [2.05, 4.69) is 15.3 Å². The molecule has 1 unspecified atom stereocenters. The van der Waals surface area contributed by atoms with Gasteiger partial charge in [0.25, 0.3) is 5.91 Å². The van der Waals surface area contributed by atoms with Crippen LogP contribution in [0.3, 0.4) is 0 Å². The Hall–Kier alpha value is -4.52. The number of fused-ring (bicyclic) bond motifs is 1. The van der Waals surface area contributed by atoms with Crippen molar-refractivity contribution in [2.75, 3.05) is 30.7 Å². The molecule has 3 aromatic heterocycles. The van der Waals surface area contributed by atoms with Crippen LogP contribution >= 0.6 is 0 Å². The average Bonchev–Trinajstić information content (AvgIpc) is 3.33. The van der Waals surface area contributed by atoms with Gasteiger partial charge in [-0.15, -0.1) is 0 Å². The first-order chi connectivity index (χ1) is 18.7. The van der Waals surface area contributed by atoms with Crippen molar-refractivity contribution in [1.29, 1.82) is 0 Å². The highest BCUT2D eigenvalue weighted by molar-refractivity contribution is 6.04. The number of pyridine rings is 1. The van der Waals surface area contributed by atoms with Gasteiger partial charge in [0.2, 0.25) is 5.91 Å². The van der Waals surface area contributed by atoms with E-state index in [0.717, 1.165) is 18.3 Å². The van der Waals surface area contributed by atoms with E-state index >= 15 is 0 Å². The predicted octanol–water partition coefficient (Wildman–Crippen LogP) is 3.95.